The maximum absolute atomic E-state index is 11.8. The van der Waals surface area contributed by atoms with Crippen LogP contribution in [0.1, 0.15) is 13.8 Å². The van der Waals surface area contributed by atoms with Crippen LogP contribution in [-0.4, -0.2) is 45.4 Å². The number of amides is 1. The second kappa shape index (κ2) is 4.34. The van der Waals surface area contributed by atoms with Crippen LogP contribution in [0.25, 0.3) is 0 Å². The second-order valence-corrected chi connectivity index (χ2v) is 4.18. The van der Waals surface area contributed by atoms with E-state index in [9.17, 15) is 4.79 Å². The van der Waals surface area contributed by atoms with Gasteiger partial charge in [0.1, 0.15) is 0 Å². The molecule has 0 aliphatic rings. The lowest BCUT2D eigenvalue weighted by molar-refractivity contribution is -0.122. The molecule has 0 bridgehead atoms. The van der Waals surface area contributed by atoms with Crippen LogP contribution >= 0.6 is 0 Å². The van der Waals surface area contributed by atoms with Crippen LogP contribution in [0.2, 0.25) is 0 Å². The lowest BCUT2D eigenvalue weighted by atomic mass is 9.97. The van der Waals surface area contributed by atoms with Gasteiger partial charge in [0.2, 0.25) is 0 Å². The molecular formula is C10H16N4O2. The molecule has 1 N–H and O–H groups in total. The summed E-state index contributed by atoms with van der Waals surface area (Å²) in [4.78, 5) is 17.1. The predicted octanol–water partition coefficient (Wildman–Crippen LogP) is 0.537. The van der Waals surface area contributed by atoms with Crippen molar-refractivity contribution in [2.75, 3.05) is 14.1 Å². The third-order valence-corrected chi connectivity index (χ3v) is 2.44. The minimum absolute atomic E-state index is 0.0653. The van der Waals surface area contributed by atoms with Crippen molar-refractivity contribution in [1.29, 1.82) is 0 Å². The Bertz CT molecular complexity index is 393. The second-order valence-electron chi connectivity index (χ2n) is 4.18. The highest BCUT2D eigenvalue weighted by atomic mass is 16.4. The van der Waals surface area contributed by atoms with Crippen LogP contribution in [0.3, 0.4) is 0 Å². The number of hydrogen-bond donors (Lipinski definition) is 1. The van der Waals surface area contributed by atoms with E-state index in [0.29, 0.717) is 0 Å². The first-order chi connectivity index (χ1) is 7.41. The smallest absolute Gasteiger partial charge is 0.273 e. The van der Waals surface area contributed by atoms with E-state index in [4.69, 9.17) is 5.21 Å². The topological polar surface area (TPSA) is 70.7 Å². The zero-order chi connectivity index (χ0) is 12.3. The van der Waals surface area contributed by atoms with Gasteiger partial charge in [0, 0.05) is 26.5 Å². The third kappa shape index (κ3) is 2.05. The molecule has 1 aromatic heterocycles. The zero-order valence-corrected chi connectivity index (χ0v) is 9.88. The number of rotatable bonds is 3. The summed E-state index contributed by atoms with van der Waals surface area (Å²) in [5.74, 6) is -0.332. The molecule has 0 spiro atoms. The van der Waals surface area contributed by atoms with Gasteiger partial charge in [-0.1, -0.05) is 5.16 Å². The van der Waals surface area contributed by atoms with Crippen LogP contribution in [0.4, 0.5) is 0 Å². The molecule has 0 aliphatic carbocycles. The molecule has 6 heteroatoms. The molecule has 0 saturated heterocycles. The summed E-state index contributed by atoms with van der Waals surface area (Å²) in [7, 11) is 3.22. The van der Waals surface area contributed by atoms with Gasteiger partial charge >= 0.3 is 0 Å². The summed E-state index contributed by atoms with van der Waals surface area (Å²) in [5, 5.41) is 12.1. The van der Waals surface area contributed by atoms with Gasteiger partial charge in [0.15, 0.2) is 5.71 Å². The van der Waals surface area contributed by atoms with Crippen LogP contribution < -0.4 is 0 Å². The van der Waals surface area contributed by atoms with E-state index in [1.807, 2.05) is 0 Å². The zero-order valence-electron chi connectivity index (χ0n) is 9.88. The average Bonchev–Trinajstić information content (AvgIpc) is 2.71. The molecule has 0 aromatic carbocycles. The number of oxime groups is 1. The molecule has 1 rings (SSSR count). The van der Waals surface area contributed by atoms with Crippen molar-refractivity contribution in [2.24, 2.45) is 5.16 Å². The van der Waals surface area contributed by atoms with E-state index in [2.05, 4.69) is 10.1 Å². The number of carbonyl (C=O) groups is 1. The molecule has 1 aromatic rings. The average molecular weight is 224 g/mol. The van der Waals surface area contributed by atoms with Crippen molar-refractivity contribution in [3.8, 4) is 0 Å². The van der Waals surface area contributed by atoms with Gasteiger partial charge in [-0.25, -0.2) is 4.98 Å². The largest absolute Gasteiger partial charge is 0.410 e. The first-order valence-corrected chi connectivity index (χ1v) is 4.84. The van der Waals surface area contributed by atoms with Crippen LogP contribution in [0.5, 0.6) is 0 Å². The fourth-order valence-corrected chi connectivity index (χ4v) is 1.35. The Hall–Kier alpha value is -1.85. The van der Waals surface area contributed by atoms with E-state index in [-0.39, 0.29) is 11.6 Å². The number of aromatic nitrogens is 2. The quantitative estimate of drug-likeness (QED) is 0.462. The highest BCUT2D eigenvalue weighted by molar-refractivity contribution is 6.41. The summed E-state index contributed by atoms with van der Waals surface area (Å²) in [6.07, 6.45) is 4.90. The Balaban J connectivity index is 3.11. The van der Waals surface area contributed by atoms with Crippen LogP contribution in [-0.2, 0) is 10.3 Å². The van der Waals surface area contributed by atoms with Gasteiger partial charge in [-0.15, -0.1) is 0 Å². The van der Waals surface area contributed by atoms with Crippen molar-refractivity contribution in [1.82, 2.24) is 14.5 Å². The molecule has 0 unspecified atom stereocenters. The molecule has 0 aliphatic heterocycles. The van der Waals surface area contributed by atoms with Gasteiger partial charge < -0.3 is 14.7 Å². The fraction of sp³-hybridized carbons (Fsp3) is 0.500. The lowest BCUT2D eigenvalue weighted by Gasteiger charge is -2.27. The molecule has 88 valence electrons. The molecule has 1 heterocycles. The Labute approximate surface area is 94.2 Å². The fourth-order valence-electron chi connectivity index (χ4n) is 1.35. The molecule has 16 heavy (non-hydrogen) atoms. The van der Waals surface area contributed by atoms with E-state index in [1.165, 1.54) is 4.90 Å². The molecule has 1 amide bonds. The molecule has 0 saturated carbocycles. The molecular weight excluding hydrogens is 208 g/mol. The summed E-state index contributed by atoms with van der Waals surface area (Å²) in [6, 6.07) is 0. The summed E-state index contributed by atoms with van der Waals surface area (Å²) < 4.78 is 1.71. The van der Waals surface area contributed by atoms with E-state index in [0.717, 1.165) is 0 Å². The molecule has 6 nitrogen and oxygen atoms in total. The SMILES string of the molecule is CN(C)C(=O)C(=NO)C(C)(C)n1ccnc1. The molecule has 0 atom stereocenters. The number of nitrogens with zero attached hydrogens (tertiary/aromatic N) is 4. The van der Waals surface area contributed by atoms with Crippen molar-refractivity contribution in [3.63, 3.8) is 0 Å². The lowest BCUT2D eigenvalue weighted by Crippen LogP contribution is -2.45. The first kappa shape index (κ1) is 12.2. The van der Waals surface area contributed by atoms with Crippen molar-refractivity contribution in [2.45, 2.75) is 19.4 Å². The molecule has 0 fully saturated rings. The number of carbonyl (C=O) groups excluding carboxylic acids is 1. The molecule has 0 radical (unpaired) electrons. The summed E-state index contributed by atoms with van der Waals surface area (Å²) in [6.45, 7) is 3.57. The predicted molar refractivity (Wildman–Crippen MR) is 59.5 cm³/mol. The van der Waals surface area contributed by atoms with Gasteiger partial charge in [-0.05, 0) is 13.8 Å². The standard InChI is InChI=1S/C10H16N4O2/c1-10(2,14-6-5-11-7-14)8(12-16)9(15)13(3)4/h5-7,16H,1-4H3. The Morgan fingerprint density at radius 2 is 2.12 bits per heavy atom. The normalized spacial score (nSPS) is 12.6. The van der Waals surface area contributed by atoms with E-state index >= 15 is 0 Å². The number of imidazole rings is 1. The minimum atomic E-state index is -0.743. The Morgan fingerprint density at radius 1 is 1.50 bits per heavy atom. The van der Waals surface area contributed by atoms with Gasteiger partial charge in [-0.2, -0.15) is 0 Å². The van der Waals surface area contributed by atoms with Crippen LogP contribution in [0, 0.1) is 0 Å². The Morgan fingerprint density at radius 3 is 2.50 bits per heavy atom. The number of hydrogen-bond acceptors (Lipinski definition) is 4. The minimum Gasteiger partial charge on any atom is -0.410 e. The van der Waals surface area contributed by atoms with Gasteiger partial charge in [0.25, 0.3) is 5.91 Å². The van der Waals surface area contributed by atoms with Crippen molar-refractivity contribution < 1.29 is 10.0 Å². The Kier molecular flexibility index (Phi) is 3.31. The highest BCUT2D eigenvalue weighted by Crippen LogP contribution is 2.18. The summed E-state index contributed by atoms with van der Waals surface area (Å²) in [5.41, 5.74) is -0.678. The monoisotopic (exact) mass is 224 g/mol. The maximum Gasteiger partial charge on any atom is 0.273 e. The summed E-state index contributed by atoms with van der Waals surface area (Å²) >= 11 is 0. The van der Waals surface area contributed by atoms with Crippen molar-refractivity contribution in [3.05, 3.63) is 18.7 Å². The highest BCUT2D eigenvalue weighted by Gasteiger charge is 2.33. The first-order valence-electron chi connectivity index (χ1n) is 4.84. The van der Waals surface area contributed by atoms with Crippen LogP contribution in [0.15, 0.2) is 23.9 Å². The van der Waals surface area contributed by atoms with E-state index < -0.39 is 5.54 Å². The van der Waals surface area contributed by atoms with Crippen molar-refractivity contribution >= 4 is 11.6 Å². The van der Waals surface area contributed by atoms with Gasteiger partial charge in [-0.3, -0.25) is 4.79 Å². The van der Waals surface area contributed by atoms with Gasteiger partial charge in [0.05, 0.1) is 11.9 Å². The maximum atomic E-state index is 11.8. The third-order valence-electron chi connectivity index (χ3n) is 2.44. The van der Waals surface area contributed by atoms with E-state index in [1.54, 1.807) is 51.2 Å².